The van der Waals surface area contributed by atoms with Gasteiger partial charge in [-0.25, -0.2) is 8.78 Å². The van der Waals surface area contributed by atoms with E-state index in [0.717, 1.165) is 50.9 Å². The summed E-state index contributed by atoms with van der Waals surface area (Å²) in [4.78, 5) is 4.63. The van der Waals surface area contributed by atoms with E-state index in [4.69, 9.17) is 0 Å². The highest BCUT2D eigenvalue weighted by Crippen LogP contribution is 2.21. The largest absolute Gasteiger partial charge is 0.388 e. The molecular formula is C15H22F2N2O. The molecular weight excluding hydrogens is 262 g/mol. The topological polar surface area (TPSA) is 26.7 Å². The van der Waals surface area contributed by atoms with Gasteiger partial charge >= 0.3 is 0 Å². The van der Waals surface area contributed by atoms with E-state index in [2.05, 4.69) is 16.7 Å². The van der Waals surface area contributed by atoms with E-state index < -0.39 is 17.7 Å². The number of hydrogen-bond acceptors (Lipinski definition) is 3. The number of hydrogen-bond donors (Lipinski definition) is 1. The summed E-state index contributed by atoms with van der Waals surface area (Å²) in [6.45, 7) is 7.89. The second-order valence-electron chi connectivity index (χ2n) is 5.25. The zero-order valence-corrected chi connectivity index (χ0v) is 11.9. The Kier molecular flexibility index (Phi) is 5.46. The Hall–Kier alpha value is -1.04. The summed E-state index contributed by atoms with van der Waals surface area (Å²) in [7, 11) is 0. The monoisotopic (exact) mass is 284 g/mol. The Morgan fingerprint density at radius 2 is 1.80 bits per heavy atom. The highest BCUT2D eigenvalue weighted by Gasteiger charge is 2.18. The first-order valence-corrected chi connectivity index (χ1v) is 7.18. The van der Waals surface area contributed by atoms with Crippen molar-refractivity contribution >= 4 is 0 Å². The first-order valence-electron chi connectivity index (χ1n) is 7.18. The number of aliphatic hydroxyl groups excluding tert-OH is 1. The summed E-state index contributed by atoms with van der Waals surface area (Å²) < 4.78 is 26.6. The van der Waals surface area contributed by atoms with Crippen molar-refractivity contribution in [1.29, 1.82) is 0 Å². The lowest BCUT2D eigenvalue weighted by Crippen LogP contribution is -2.46. The van der Waals surface area contributed by atoms with Crippen molar-refractivity contribution in [3.8, 4) is 0 Å². The maximum absolute atomic E-state index is 13.5. The summed E-state index contributed by atoms with van der Waals surface area (Å²) in [5, 5.41) is 10.0. The second kappa shape index (κ2) is 7.11. The zero-order valence-electron chi connectivity index (χ0n) is 11.9. The van der Waals surface area contributed by atoms with Crippen molar-refractivity contribution in [1.82, 2.24) is 9.80 Å². The summed E-state index contributed by atoms with van der Waals surface area (Å²) in [5.74, 6) is -1.06. The van der Waals surface area contributed by atoms with Gasteiger partial charge in [-0.1, -0.05) is 6.92 Å². The number of halogens is 2. The molecule has 3 nitrogen and oxygen atoms in total. The molecule has 1 aromatic carbocycles. The van der Waals surface area contributed by atoms with Crippen LogP contribution in [0.3, 0.4) is 0 Å². The summed E-state index contributed by atoms with van der Waals surface area (Å²) in [6.07, 6.45) is -0.526. The molecule has 1 heterocycles. The molecule has 1 aliphatic heterocycles. The number of nitrogens with zero attached hydrogens (tertiary/aromatic N) is 2. The molecule has 0 bridgehead atoms. The lowest BCUT2D eigenvalue weighted by Gasteiger charge is -2.34. The lowest BCUT2D eigenvalue weighted by atomic mass is 10.1. The third-order valence-electron chi connectivity index (χ3n) is 3.95. The van der Waals surface area contributed by atoms with Crippen LogP contribution in [0.4, 0.5) is 8.78 Å². The van der Waals surface area contributed by atoms with Crippen molar-refractivity contribution in [3.63, 3.8) is 0 Å². The normalized spacial score (nSPS) is 19.2. The zero-order chi connectivity index (χ0) is 14.5. The van der Waals surface area contributed by atoms with E-state index in [1.165, 1.54) is 0 Å². The van der Waals surface area contributed by atoms with Crippen molar-refractivity contribution in [2.24, 2.45) is 0 Å². The average Bonchev–Trinajstić information content (AvgIpc) is 2.47. The van der Waals surface area contributed by atoms with Crippen LogP contribution < -0.4 is 0 Å². The van der Waals surface area contributed by atoms with Gasteiger partial charge in [0.05, 0.1) is 6.10 Å². The van der Waals surface area contributed by atoms with E-state index in [0.29, 0.717) is 13.0 Å². The molecule has 1 saturated heterocycles. The molecule has 1 N–H and O–H groups in total. The molecule has 1 aromatic rings. The van der Waals surface area contributed by atoms with Crippen LogP contribution in [0.5, 0.6) is 0 Å². The van der Waals surface area contributed by atoms with Crippen molar-refractivity contribution in [2.45, 2.75) is 19.4 Å². The van der Waals surface area contributed by atoms with Gasteiger partial charge in [-0.3, -0.25) is 0 Å². The molecule has 0 aromatic heterocycles. The van der Waals surface area contributed by atoms with Gasteiger partial charge in [0.15, 0.2) is 0 Å². The fourth-order valence-corrected chi connectivity index (χ4v) is 2.56. The maximum Gasteiger partial charge on any atom is 0.129 e. The molecule has 5 heteroatoms. The minimum Gasteiger partial charge on any atom is -0.388 e. The smallest absolute Gasteiger partial charge is 0.129 e. The molecule has 2 rings (SSSR count). The van der Waals surface area contributed by atoms with E-state index in [-0.39, 0.29) is 5.56 Å². The van der Waals surface area contributed by atoms with Crippen LogP contribution in [0, 0.1) is 11.6 Å². The fourth-order valence-electron chi connectivity index (χ4n) is 2.56. The van der Waals surface area contributed by atoms with Gasteiger partial charge in [-0.15, -0.1) is 0 Å². The molecule has 1 aliphatic rings. The summed E-state index contributed by atoms with van der Waals surface area (Å²) >= 11 is 0. The van der Waals surface area contributed by atoms with Gasteiger partial charge in [0.1, 0.15) is 11.6 Å². The predicted molar refractivity (Wildman–Crippen MR) is 74.5 cm³/mol. The van der Waals surface area contributed by atoms with Crippen LogP contribution in [0.25, 0.3) is 0 Å². The third kappa shape index (κ3) is 3.98. The molecule has 0 saturated carbocycles. The Labute approximate surface area is 118 Å². The van der Waals surface area contributed by atoms with Crippen LogP contribution in [0.15, 0.2) is 18.2 Å². The SMILES string of the molecule is CCN1CCN(CCC(O)c2cc(F)ccc2F)CC1. The first-order chi connectivity index (χ1) is 9.60. The fraction of sp³-hybridized carbons (Fsp3) is 0.600. The van der Waals surface area contributed by atoms with Gasteiger partial charge in [-0.05, 0) is 31.2 Å². The third-order valence-corrected chi connectivity index (χ3v) is 3.95. The number of benzene rings is 1. The molecule has 0 spiro atoms. The van der Waals surface area contributed by atoms with E-state index in [9.17, 15) is 13.9 Å². The first kappa shape index (κ1) is 15.4. The molecule has 0 amide bonds. The molecule has 20 heavy (non-hydrogen) atoms. The minimum atomic E-state index is -0.949. The van der Waals surface area contributed by atoms with Crippen LogP contribution in [-0.2, 0) is 0 Å². The summed E-state index contributed by atoms with van der Waals surface area (Å²) in [5.41, 5.74) is 0.0530. The van der Waals surface area contributed by atoms with Crippen LogP contribution in [0.1, 0.15) is 25.0 Å². The highest BCUT2D eigenvalue weighted by atomic mass is 19.1. The lowest BCUT2D eigenvalue weighted by molar-refractivity contribution is 0.103. The quantitative estimate of drug-likeness (QED) is 0.896. The van der Waals surface area contributed by atoms with Gasteiger partial charge in [0.25, 0.3) is 0 Å². The summed E-state index contributed by atoms with van der Waals surface area (Å²) in [6, 6.07) is 3.21. The average molecular weight is 284 g/mol. The Morgan fingerprint density at radius 3 is 2.45 bits per heavy atom. The number of aliphatic hydroxyl groups is 1. The number of likely N-dealkylation sites (N-methyl/N-ethyl adjacent to an activating group) is 1. The van der Waals surface area contributed by atoms with Crippen molar-refractivity contribution in [2.75, 3.05) is 39.3 Å². The predicted octanol–water partition coefficient (Wildman–Crippen LogP) is 2.03. The van der Waals surface area contributed by atoms with Crippen LogP contribution in [-0.4, -0.2) is 54.2 Å². The number of piperazine rings is 1. The van der Waals surface area contributed by atoms with Gasteiger partial charge < -0.3 is 14.9 Å². The van der Waals surface area contributed by atoms with Gasteiger partial charge in [-0.2, -0.15) is 0 Å². The Morgan fingerprint density at radius 1 is 1.15 bits per heavy atom. The molecule has 1 atom stereocenters. The molecule has 112 valence electrons. The molecule has 0 aliphatic carbocycles. The van der Waals surface area contributed by atoms with E-state index >= 15 is 0 Å². The molecule has 1 fully saturated rings. The van der Waals surface area contributed by atoms with Gasteiger partial charge in [0.2, 0.25) is 0 Å². The van der Waals surface area contributed by atoms with E-state index in [1.54, 1.807) is 0 Å². The number of rotatable bonds is 5. The van der Waals surface area contributed by atoms with Crippen LogP contribution in [0.2, 0.25) is 0 Å². The van der Waals surface area contributed by atoms with E-state index in [1.807, 2.05) is 0 Å². The van der Waals surface area contributed by atoms with Crippen molar-refractivity contribution < 1.29 is 13.9 Å². The Balaban J connectivity index is 1.83. The standard InChI is InChI=1S/C15H22F2N2O/c1-2-18-7-9-19(10-8-18)6-5-15(20)13-11-12(16)3-4-14(13)17/h3-4,11,15,20H,2,5-10H2,1H3. The molecule has 1 unspecified atom stereocenters. The maximum atomic E-state index is 13.5. The molecule has 0 radical (unpaired) electrons. The van der Waals surface area contributed by atoms with Crippen molar-refractivity contribution in [3.05, 3.63) is 35.4 Å². The Bertz CT molecular complexity index is 434. The second-order valence-corrected chi connectivity index (χ2v) is 5.25. The van der Waals surface area contributed by atoms with Crippen LogP contribution >= 0.6 is 0 Å². The van der Waals surface area contributed by atoms with Gasteiger partial charge in [0, 0.05) is 38.3 Å². The highest BCUT2D eigenvalue weighted by molar-refractivity contribution is 5.21. The minimum absolute atomic E-state index is 0.0530.